The lowest BCUT2D eigenvalue weighted by Crippen LogP contribution is -2.34. The highest BCUT2D eigenvalue weighted by atomic mass is 16.7. The summed E-state index contributed by atoms with van der Waals surface area (Å²) in [6.45, 7) is 2.07. The van der Waals surface area contributed by atoms with E-state index in [0.717, 1.165) is 29.7 Å². The first-order valence-corrected chi connectivity index (χ1v) is 12.9. The van der Waals surface area contributed by atoms with Gasteiger partial charge in [0, 0.05) is 38.4 Å². The lowest BCUT2D eigenvalue weighted by atomic mass is 9.92. The highest BCUT2D eigenvalue weighted by Gasteiger charge is 2.29. The second-order valence-electron chi connectivity index (χ2n) is 9.41. The zero-order valence-corrected chi connectivity index (χ0v) is 21.6. The van der Waals surface area contributed by atoms with Crippen LogP contribution < -0.4 is 5.32 Å². The van der Waals surface area contributed by atoms with Crippen LogP contribution in [-0.2, 0) is 37.0 Å². The van der Waals surface area contributed by atoms with Crippen molar-refractivity contribution in [2.24, 2.45) is 0 Å². The molecule has 0 bridgehead atoms. The lowest BCUT2D eigenvalue weighted by molar-refractivity contribution is -0.150. The molecule has 1 fully saturated rings. The van der Waals surface area contributed by atoms with Crippen molar-refractivity contribution in [2.45, 2.75) is 51.1 Å². The number of aliphatic hydroxyl groups is 1. The Morgan fingerprint density at radius 1 is 1.11 bits per heavy atom. The van der Waals surface area contributed by atoms with Crippen LogP contribution in [0.1, 0.15) is 58.6 Å². The molecule has 0 spiro atoms. The van der Waals surface area contributed by atoms with Crippen molar-refractivity contribution in [1.82, 2.24) is 10.2 Å². The zero-order chi connectivity index (χ0) is 26.9. The van der Waals surface area contributed by atoms with Crippen molar-refractivity contribution in [1.29, 1.82) is 0 Å². The number of hydrogen-bond acceptors (Lipinski definition) is 7. The molecule has 2 heterocycles. The molecule has 0 unspecified atom stereocenters. The van der Waals surface area contributed by atoms with Gasteiger partial charge >= 0.3 is 5.97 Å². The Morgan fingerprint density at radius 2 is 1.84 bits per heavy atom. The largest absolute Gasteiger partial charge is 0.465 e. The molecule has 9 nitrogen and oxygen atoms in total. The van der Waals surface area contributed by atoms with Gasteiger partial charge in [0.05, 0.1) is 25.9 Å². The first-order chi connectivity index (χ1) is 18.5. The van der Waals surface area contributed by atoms with Gasteiger partial charge in [-0.1, -0.05) is 36.4 Å². The quantitative estimate of drug-likeness (QED) is 0.344. The summed E-state index contributed by atoms with van der Waals surface area (Å²) >= 11 is 0. The van der Waals surface area contributed by atoms with Gasteiger partial charge in [-0.25, -0.2) is 4.79 Å². The number of ether oxygens (including phenoxy) is 3. The Bertz CT molecular complexity index is 1140. The summed E-state index contributed by atoms with van der Waals surface area (Å²) in [5.41, 5.74) is 3.09. The molecule has 9 heteroatoms. The molecule has 1 saturated heterocycles. The molecule has 38 heavy (non-hydrogen) atoms. The molecule has 0 aromatic heterocycles. The lowest BCUT2D eigenvalue weighted by Gasteiger charge is -2.29. The molecule has 2 aliphatic heterocycles. The summed E-state index contributed by atoms with van der Waals surface area (Å²) in [5.74, 6) is -0.573. The van der Waals surface area contributed by atoms with Crippen molar-refractivity contribution in [3.05, 3.63) is 82.6 Å². The number of esters is 1. The summed E-state index contributed by atoms with van der Waals surface area (Å²) in [6, 6.07) is 14.5. The fraction of sp³-hybridized carbons (Fsp3) is 0.414. The standard InChI is InChI=1S/C29H34N2O7/c1-36-29(35)23-11-9-22(10-12-23)24-16-25(28(34)30-13-3-15-31-14-2-4-26(31)33)38-27(17-24)37-19-21-7-5-20(18-32)6-8-21/h5-12,16,24,27,32H,2-4,13-15,17-19H2,1H3,(H,30,34)/t24-,27+/m0/s1. The van der Waals surface area contributed by atoms with Crippen LogP contribution in [-0.4, -0.2) is 60.8 Å². The van der Waals surface area contributed by atoms with Gasteiger partial charge in [-0.15, -0.1) is 0 Å². The van der Waals surface area contributed by atoms with Crippen molar-refractivity contribution in [3.63, 3.8) is 0 Å². The predicted octanol–water partition coefficient (Wildman–Crippen LogP) is 3.02. The van der Waals surface area contributed by atoms with E-state index in [1.54, 1.807) is 18.2 Å². The third-order valence-electron chi connectivity index (χ3n) is 6.74. The fourth-order valence-corrected chi connectivity index (χ4v) is 4.56. The minimum absolute atomic E-state index is 0.0269. The van der Waals surface area contributed by atoms with Crippen LogP contribution in [0.25, 0.3) is 0 Å². The van der Waals surface area contributed by atoms with E-state index in [4.69, 9.17) is 14.2 Å². The number of rotatable bonds is 11. The highest BCUT2D eigenvalue weighted by molar-refractivity contribution is 5.92. The van der Waals surface area contributed by atoms with Crippen LogP contribution in [0.5, 0.6) is 0 Å². The van der Waals surface area contributed by atoms with Crippen LogP contribution in [0.3, 0.4) is 0 Å². The van der Waals surface area contributed by atoms with Crippen molar-refractivity contribution in [2.75, 3.05) is 26.7 Å². The van der Waals surface area contributed by atoms with Gasteiger partial charge in [-0.3, -0.25) is 9.59 Å². The normalized spacial score (nSPS) is 19.1. The van der Waals surface area contributed by atoms with E-state index in [2.05, 4.69) is 5.32 Å². The smallest absolute Gasteiger partial charge is 0.337 e. The van der Waals surface area contributed by atoms with Crippen LogP contribution in [0.15, 0.2) is 60.4 Å². The van der Waals surface area contributed by atoms with Crippen LogP contribution in [0, 0.1) is 0 Å². The number of amides is 2. The van der Waals surface area contributed by atoms with Crippen LogP contribution >= 0.6 is 0 Å². The summed E-state index contributed by atoms with van der Waals surface area (Å²) in [6.07, 6.45) is 3.75. The van der Waals surface area contributed by atoms with E-state index in [9.17, 15) is 19.5 Å². The Labute approximate surface area is 222 Å². The number of likely N-dealkylation sites (tertiary alicyclic amines) is 1. The van der Waals surface area contributed by atoms with Gasteiger partial charge < -0.3 is 29.5 Å². The van der Waals surface area contributed by atoms with Gasteiger partial charge in [0.25, 0.3) is 5.91 Å². The van der Waals surface area contributed by atoms with Gasteiger partial charge in [0.2, 0.25) is 12.2 Å². The van der Waals surface area contributed by atoms with Crippen molar-refractivity contribution in [3.8, 4) is 0 Å². The van der Waals surface area contributed by atoms with Gasteiger partial charge in [-0.05, 0) is 47.7 Å². The van der Waals surface area contributed by atoms with Crippen LogP contribution in [0.4, 0.5) is 0 Å². The van der Waals surface area contributed by atoms with E-state index in [0.29, 0.717) is 37.9 Å². The molecule has 202 valence electrons. The Kier molecular flexibility index (Phi) is 9.51. The minimum Gasteiger partial charge on any atom is -0.465 e. The number of nitrogens with zero attached hydrogens (tertiary/aromatic N) is 1. The number of carbonyl (C=O) groups is 3. The summed E-state index contributed by atoms with van der Waals surface area (Å²) in [4.78, 5) is 38.4. The molecule has 4 rings (SSSR count). The average molecular weight is 523 g/mol. The maximum absolute atomic E-state index is 13.0. The second kappa shape index (κ2) is 13.2. The van der Waals surface area contributed by atoms with Crippen molar-refractivity contribution >= 4 is 17.8 Å². The van der Waals surface area contributed by atoms with Gasteiger partial charge in [0.15, 0.2) is 5.76 Å². The summed E-state index contributed by atoms with van der Waals surface area (Å²) in [5, 5.41) is 12.1. The Hall–Kier alpha value is -3.69. The number of allylic oxidation sites excluding steroid dienone is 1. The fourth-order valence-electron chi connectivity index (χ4n) is 4.56. The monoisotopic (exact) mass is 522 g/mol. The molecule has 2 aromatic carbocycles. The number of aliphatic hydroxyl groups excluding tert-OH is 1. The Balaban J connectivity index is 1.41. The maximum Gasteiger partial charge on any atom is 0.337 e. The molecule has 0 saturated carbocycles. The number of nitrogens with one attached hydrogen (secondary N) is 1. The number of hydrogen-bond donors (Lipinski definition) is 2. The average Bonchev–Trinajstić information content (AvgIpc) is 3.38. The highest BCUT2D eigenvalue weighted by Crippen LogP contribution is 2.32. The Morgan fingerprint density at radius 3 is 2.50 bits per heavy atom. The molecule has 2 aromatic rings. The minimum atomic E-state index is -0.661. The van der Waals surface area contributed by atoms with Gasteiger partial charge in [-0.2, -0.15) is 0 Å². The molecule has 0 radical (unpaired) electrons. The maximum atomic E-state index is 13.0. The number of methoxy groups -OCH3 is 1. The molecule has 2 N–H and O–H groups in total. The SMILES string of the molecule is COC(=O)c1ccc([C@H]2C=C(C(=O)NCCCN3CCCC3=O)O[C@@H](OCc3ccc(CO)cc3)C2)cc1. The predicted molar refractivity (Wildman–Crippen MR) is 139 cm³/mol. The zero-order valence-electron chi connectivity index (χ0n) is 21.6. The topological polar surface area (TPSA) is 114 Å². The number of carbonyl (C=O) groups excluding carboxylic acids is 3. The third-order valence-corrected chi connectivity index (χ3v) is 6.74. The summed E-state index contributed by atoms with van der Waals surface area (Å²) in [7, 11) is 1.34. The van der Waals surface area contributed by atoms with E-state index in [1.807, 2.05) is 41.3 Å². The van der Waals surface area contributed by atoms with E-state index in [-0.39, 0.29) is 36.7 Å². The molecular weight excluding hydrogens is 488 g/mol. The van der Waals surface area contributed by atoms with Crippen LogP contribution in [0.2, 0.25) is 0 Å². The van der Waals surface area contributed by atoms with E-state index < -0.39 is 12.3 Å². The summed E-state index contributed by atoms with van der Waals surface area (Å²) < 4.78 is 16.8. The van der Waals surface area contributed by atoms with E-state index >= 15 is 0 Å². The van der Waals surface area contributed by atoms with Crippen molar-refractivity contribution < 1.29 is 33.7 Å². The molecule has 2 atom stereocenters. The molecule has 2 aliphatic rings. The second-order valence-corrected chi connectivity index (χ2v) is 9.41. The number of benzene rings is 2. The van der Waals surface area contributed by atoms with E-state index in [1.165, 1.54) is 7.11 Å². The first-order valence-electron chi connectivity index (χ1n) is 12.9. The van der Waals surface area contributed by atoms with Gasteiger partial charge in [0.1, 0.15) is 0 Å². The molecule has 2 amide bonds. The first kappa shape index (κ1) is 27.3. The third kappa shape index (κ3) is 7.20. The molecular formula is C29H34N2O7. The molecule has 0 aliphatic carbocycles.